The van der Waals surface area contributed by atoms with Gasteiger partial charge >= 0.3 is 0 Å². The largest absolute Gasteiger partial charge is 0.302 e. The second-order valence-electron chi connectivity index (χ2n) is 9.42. The molecule has 0 saturated carbocycles. The van der Waals surface area contributed by atoms with E-state index in [4.69, 9.17) is 0 Å². The van der Waals surface area contributed by atoms with Crippen LogP contribution in [0.4, 0.5) is 5.13 Å². The number of hydrogen-bond donors (Lipinski definition) is 1. The third-order valence-electron chi connectivity index (χ3n) is 6.04. The highest BCUT2D eigenvalue weighted by molar-refractivity contribution is 7.91. The first-order valence-corrected chi connectivity index (χ1v) is 14.9. The predicted octanol–water partition coefficient (Wildman–Crippen LogP) is 6.21. The first kappa shape index (κ1) is 27.4. The zero-order valence-corrected chi connectivity index (χ0v) is 23.2. The fourth-order valence-corrected chi connectivity index (χ4v) is 5.97. The van der Waals surface area contributed by atoms with E-state index in [1.54, 1.807) is 19.1 Å². The normalized spacial score (nSPS) is 11.5. The number of thiazole rings is 1. The van der Waals surface area contributed by atoms with E-state index in [1.165, 1.54) is 12.1 Å². The Bertz CT molecular complexity index is 1540. The summed E-state index contributed by atoms with van der Waals surface area (Å²) in [6.07, 6.45) is 0.830. The molecule has 38 heavy (non-hydrogen) atoms. The molecule has 0 radical (unpaired) electrons. The minimum absolute atomic E-state index is 0.0175. The second-order valence-corrected chi connectivity index (χ2v) is 12.7. The molecule has 1 N–H and O–H groups in total. The molecule has 0 atom stereocenters. The number of rotatable bonds is 10. The molecule has 0 bridgehead atoms. The molecular formula is C30H30N2O4S2. The maximum absolute atomic E-state index is 13.8. The number of nitrogens with zero attached hydrogens (tertiary/aromatic N) is 1. The van der Waals surface area contributed by atoms with Crippen molar-refractivity contribution in [2.45, 2.75) is 38.5 Å². The van der Waals surface area contributed by atoms with Gasteiger partial charge in [0.25, 0.3) is 0 Å². The highest BCUT2D eigenvalue weighted by Crippen LogP contribution is 2.34. The summed E-state index contributed by atoms with van der Waals surface area (Å²) in [6.45, 7) is 5.83. The van der Waals surface area contributed by atoms with Gasteiger partial charge in [-0.15, -0.1) is 0 Å². The molecule has 0 saturated heterocycles. The number of ketones is 1. The van der Waals surface area contributed by atoms with Crippen molar-refractivity contribution in [2.75, 3.05) is 11.1 Å². The predicted molar refractivity (Wildman–Crippen MR) is 152 cm³/mol. The van der Waals surface area contributed by atoms with Crippen LogP contribution >= 0.6 is 11.3 Å². The quantitative estimate of drug-likeness (QED) is 0.239. The van der Waals surface area contributed by atoms with Gasteiger partial charge in [-0.3, -0.25) is 9.59 Å². The summed E-state index contributed by atoms with van der Waals surface area (Å²) in [6, 6.07) is 23.4. The van der Waals surface area contributed by atoms with Gasteiger partial charge in [-0.2, -0.15) is 0 Å². The van der Waals surface area contributed by atoms with E-state index >= 15 is 0 Å². The summed E-state index contributed by atoms with van der Waals surface area (Å²) in [7, 11) is -3.30. The van der Waals surface area contributed by atoms with E-state index in [0.717, 1.165) is 28.9 Å². The van der Waals surface area contributed by atoms with Crippen LogP contribution < -0.4 is 5.32 Å². The molecule has 196 valence electrons. The Morgan fingerprint density at radius 1 is 0.921 bits per heavy atom. The van der Waals surface area contributed by atoms with E-state index in [1.807, 2.05) is 54.6 Å². The first-order chi connectivity index (χ1) is 18.2. The summed E-state index contributed by atoms with van der Waals surface area (Å²) in [4.78, 5) is 32.0. The van der Waals surface area contributed by atoms with E-state index in [-0.39, 0.29) is 28.8 Å². The van der Waals surface area contributed by atoms with Gasteiger partial charge in [0, 0.05) is 11.1 Å². The molecule has 8 heteroatoms. The lowest BCUT2D eigenvalue weighted by molar-refractivity contribution is -0.115. The lowest BCUT2D eigenvalue weighted by Crippen LogP contribution is -2.14. The Balaban J connectivity index is 1.61. The van der Waals surface area contributed by atoms with Gasteiger partial charge in [-0.1, -0.05) is 98.8 Å². The summed E-state index contributed by atoms with van der Waals surface area (Å²) in [5, 5.41) is 3.16. The highest BCUT2D eigenvalue weighted by atomic mass is 32.2. The molecule has 0 aliphatic heterocycles. The molecule has 4 rings (SSSR count). The Hall–Kier alpha value is -3.62. The average Bonchev–Trinajstić information content (AvgIpc) is 3.32. The molecule has 0 aliphatic rings. The maximum Gasteiger partial charge on any atom is 0.230 e. The van der Waals surface area contributed by atoms with Crippen molar-refractivity contribution >= 4 is 38.0 Å². The first-order valence-electron chi connectivity index (χ1n) is 12.5. The van der Waals surface area contributed by atoms with Crippen LogP contribution in [0.3, 0.4) is 0 Å². The van der Waals surface area contributed by atoms with Crippen molar-refractivity contribution in [3.8, 4) is 11.3 Å². The third-order valence-corrected chi connectivity index (χ3v) is 8.76. The lowest BCUT2D eigenvalue weighted by Gasteiger charge is -2.10. The number of hydrogen-bond acceptors (Lipinski definition) is 6. The van der Waals surface area contributed by atoms with E-state index < -0.39 is 9.84 Å². The number of anilines is 1. The molecular weight excluding hydrogens is 516 g/mol. The number of carbonyl (C=O) groups excluding carboxylic acids is 2. The monoisotopic (exact) mass is 546 g/mol. The minimum atomic E-state index is -3.30. The topological polar surface area (TPSA) is 93.2 Å². The lowest BCUT2D eigenvalue weighted by atomic mass is 9.94. The molecule has 1 amide bonds. The van der Waals surface area contributed by atoms with Gasteiger partial charge in [0.1, 0.15) is 4.88 Å². The van der Waals surface area contributed by atoms with Gasteiger partial charge in [-0.05, 0) is 35.6 Å². The summed E-state index contributed by atoms with van der Waals surface area (Å²) < 4.78 is 24.1. The molecule has 6 nitrogen and oxygen atoms in total. The van der Waals surface area contributed by atoms with Gasteiger partial charge < -0.3 is 5.32 Å². The number of carbonyl (C=O) groups is 2. The van der Waals surface area contributed by atoms with Crippen LogP contribution in [0.5, 0.6) is 0 Å². The van der Waals surface area contributed by atoms with Crippen LogP contribution in [0, 0.1) is 5.92 Å². The van der Waals surface area contributed by atoms with Gasteiger partial charge in [-0.25, -0.2) is 13.4 Å². The van der Waals surface area contributed by atoms with Crippen molar-refractivity contribution in [1.29, 1.82) is 0 Å². The smallest absolute Gasteiger partial charge is 0.230 e. The number of amides is 1. The van der Waals surface area contributed by atoms with Crippen molar-refractivity contribution in [3.63, 3.8) is 0 Å². The zero-order chi connectivity index (χ0) is 27.3. The maximum atomic E-state index is 13.8. The van der Waals surface area contributed by atoms with Gasteiger partial charge in [0.2, 0.25) is 11.7 Å². The van der Waals surface area contributed by atoms with E-state index in [9.17, 15) is 18.0 Å². The van der Waals surface area contributed by atoms with Gasteiger partial charge in [0.05, 0.1) is 22.8 Å². The molecule has 0 aliphatic carbocycles. The summed E-state index contributed by atoms with van der Waals surface area (Å²) >= 11 is 1.16. The number of nitrogens with one attached hydrogen (secondary N) is 1. The van der Waals surface area contributed by atoms with Crippen molar-refractivity contribution in [3.05, 3.63) is 100 Å². The number of benzene rings is 3. The van der Waals surface area contributed by atoms with Crippen LogP contribution in [-0.2, 0) is 27.5 Å². The zero-order valence-electron chi connectivity index (χ0n) is 21.6. The third kappa shape index (κ3) is 6.44. The SMILES string of the molecule is CCS(=O)(=O)c1ccc(CC(=O)Nc2nc(-c3ccccc3)c(C(=O)c3ccccc3CC(C)C)s2)cc1. The molecule has 0 unspecified atom stereocenters. The molecule has 4 aromatic rings. The molecule has 0 fully saturated rings. The van der Waals surface area contributed by atoms with Crippen LogP contribution in [0.15, 0.2) is 83.8 Å². The average molecular weight is 547 g/mol. The van der Waals surface area contributed by atoms with Crippen LogP contribution in [-0.4, -0.2) is 30.8 Å². The standard InChI is InChI=1S/C30H30N2O4S2/c1-4-38(35,36)24-16-14-21(15-17-24)19-26(33)31-30-32-27(22-10-6-5-7-11-22)29(37-30)28(34)25-13-9-8-12-23(25)18-20(2)3/h5-17,20H,4,18-19H2,1-3H3,(H,31,32,33). The molecule has 3 aromatic carbocycles. The van der Waals surface area contributed by atoms with E-state index in [0.29, 0.717) is 32.7 Å². The second kappa shape index (κ2) is 11.8. The molecule has 1 aromatic heterocycles. The summed E-state index contributed by atoms with van der Waals surface area (Å²) in [5.41, 5.74) is 3.63. The van der Waals surface area contributed by atoms with Crippen LogP contribution in [0.2, 0.25) is 0 Å². The van der Waals surface area contributed by atoms with Crippen molar-refractivity contribution in [1.82, 2.24) is 4.98 Å². The summed E-state index contributed by atoms with van der Waals surface area (Å²) in [5.74, 6) is -0.0108. The fourth-order valence-electron chi connectivity index (χ4n) is 4.13. The molecule has 0 spiro atoms. The van der Waals surface area contributed by atoms with Crippen molar-refractivity contribution in [2.24, 2.45) is 5.92 Å². The molecule has 1 heterocycles. The van der Waals surface area contributed by atoms with Crippen LogP contribution in [0.1, 0.15) is 47.1 Å². The minimum Gasteiger partial charge on any atom is -0.302 e. The van der Waals surface area contributed by atoms with Gasteiger partial charge in [0.15, 0.2) is 15.0 Å². The van der Waals surface area contributed by atoms with Crippen molar-refractivity contribution < 1.29 is 18.0 Å². The Labute approximate surface area is 227 Å². The van der Waals surface area contributed by atoms with Crippen LogP contribution in [0.25, 0.3) is 11.3 Å². The fraction of sp³-hybridized carbons (Fsp3) is 0.233. The van der Waals surface area contributed by atoms with E-state index in [2.05, 4.69) is 24.1 Å². The highest BCUT2D eigenvalue weighted by Gasteiger charge is 2.24. The number of sulfone groups is 1. The Morgan fingerprint density at radius 2 is 1.58 bits per heavy atom. The Kier molecular flexibility index (Phi) is 8.54. The number of aromatic nitrogens is 1. The Morgan fingerprint density at radius 3 is 2.24 bits per heavy atom.